The SMILES string of the molecule is C=C1/C(=C\C=C2/CCC[C@@]3(C)C2CC[C@@H]3C(C)/C=C/CC(C)(C)O)CC(O)C[C@@H]1O. The van der Waals surface area contributed by atoms with E-state index in [1.165, 1.54) is 31.3 Å². The highest BCUT2D eigenvalue weighted by atomic mass is 16.3. The third-order valence-corrected chi connectivity index (χ3v) is 7.99. The Hall–Kier alpha value is -1.16. The first kappa shape index (κ1) is 23.5. The molecule has 168 valence electrons. The maximum atomic E-state index is 10.1. The average molecular weight is 415 g/mol. The predicted molar refractivity (Wildman–Crippen MR) is 124 cm³/mol. The molecule has 30 heavy (non-hydrogen) atoms. The molecular formula is C27H42O3. The summed E-state index contributed by atoms with van der Waals surface area (Å²) in [6.45, 7) is 12.6. The van der Waals surface area contributed by atoms with Crippen LogP contribution in [0.3, 0.4) is 0 Å². The van der Waals surface area contributed by atoms with Gasteiger partial charge in [0.1, 0.15) is 0 Å². The normalized spacial score (nSPS) is 39.1. The van der Waals surface area contributed by atoms with Gasteiger partial charge in [0.05, 0.1) is 17.8 Å². The molecule has 3 saturated carbocycles. The van der Waals surface area contributed by atoms with Crippen molar-refractivity contribution in [1.29, 1.82) is 0 Å². The topological polar surface area (TPSA) is 60.7 Å². The molecule has 0 aromatic carbocycles. The first-order valence-corrected chi connectivity index (χ1v) is 11.8. The summed E-state index contributed by atoms with van der Waals surface area (Å²) in [5.41, 5.74) is 2.98. The predicted octanol–water partition coefficient (Wildman–Crippen LogP) is 5.48. The van der Waals surface area contributed by atoms with E-state index in [-0.39, 0.29) is 0 Å². The Morgan fingerprint density at radius 1 is 1.23 bits per heavy atom. The van der Waals surface area contributed by atoms with E-state index in [0.29, 0.717) is 42.4 Å². The van der Waals surface area contributed by atoms with Gasteiger partial charge in [0, 0.05) is 6.42 Å². The third kappa shape index (κ3) is 5.18. The summed E-state index contributed by atoms with van der Waals surface area (Å²) in [6.07, 6.45) is 15.6. The van der Waals surface area contributed by atoms with Crippen LogP contribution in [0.25, 0.3) is 0 Å². The van der Waals surface area contributed by atoms with Crippen LogP contribution in [0, 0.1) is 23.2 Å². The molecule has 3 N–H and O–H groups in total. The van der Waals surface area contributed by atoms with Crippen LogP contribution in [0.15, 0.2) is 47.6 Å². The monoisotopic (exact) mass is 414 g/mol. The van der Waals surface area contributed by atoms with Crippen molar-refractivity contribution >= 4 is 0 Å². The Balaban J connectivity index is 1.75. The Labute approximate surface area is 183 Å². The summed E-state index contributed by atoms with van der Waals surface area (Å²) in [4.78, 5) is 0. The summed E-state index contributed by atoms with van der Waals surface area (Å²) in [5.74, 6) is 1.80. The van der Waals surface area contributed by atoms with Crippen molar-refractivity contribution in [2.45, 2.75) is 96.9 Å². The number of aliphatic hydroxyl groups is 3. The van der Waals surface area contributed by atoms with E-state index in [2.05, 4.69) is 44.7 Å². The summed E-state index contributed by atoms with van der Waals surface area (Å²) >= 11 is 0. The van der Waals surface area contributed by atoms with Crippen LogP contribution in [-0.4, -0.2) is 33.1 Å². The van der Waals surface area contributed by atoms with Crippen molar-refractivity contribution in [2.24, 2.45) is 23.2 Å². The first-order chi connectivity index (χ1) is 14.0. The van der Waals surface area contributed by atoms with Crippen molar-refractivity contribution in [3.63, 3.8) is 0 Å². The molecule has 0 radical (unpaired) electrons. The van der Waals surface area contributed by atoms with Gasteiger partial charge in [0.25, 0.3) is 0 Å². The van der Waals surface area contributed by atoms with Crippen molar-refractivity contribution in [2.75, 3.05) is 0 Å². The smallest absolute Gasteiger partial charge is 0.0811 e. The van der Waals surface area contributed by atoms with Crippen LogP contribution in [0.1, 0.15) is 79.1 Å². The molecule has 6 atom stereocenters. The van der Waals surface area contributed by atoms with E-state index in [1.54, 1.807) is 0 Å². The van der Waals surface area contributed by atoms with Gasteiger partial charge in [-0.2, -0.15) is 0 Å². The van der Waals surface area contributed by atoms with Crippen LogP contribution in [0.5, 0.6) is 0 Å². The summed E-state index contributed by atoms with van der Waals surface area (Å²) in [6, 6.07) is 0. The zero-order chi connectivity index (χ0) is 22.1. The molecule has 3 aliphatic rings. The van der Waals surface area contributed by atoms with Crippen molar-refractivity contribution in [3.8, 4) is 0 Å². The minimum atomic E-state index is -0.642. The van der Waals surface area contributed by atoms with Crippen LogP contribution < -0.4 is 0 Å². The molecule has 0 saturated heterocycles. The number of hydrogen-bond acceptors (Lipinski definition) is 3. The van der Waals surface area contributed by atoms with Gasteiger partial charge in [-0.25, -0.2) is 0 Å². The molecule has 3 unspecified atom stereocenters. The van der Waals surface area contributed by atoms with Crippen LogP contribution in [0.4, 0.5) is 0 Å². The maximum absolute atomic E-state index is 10.1. The average Bonchev–Trinajstić information content (AvgIpc) is 3.00. The van der Waals surface area contributed by atoms with Gasteiger partial charge in [-0.05, 0) is 93.1 Å². The zero-order valence-electron chi connectivity index (χ0n) is 19.4. The van der Waals surface area contributed by atoms with E-state index < -0.39 is 17.8 Å². The Morgan fingerprint density at radius 3 is 2.67 bits per heavy atom. The zero-order valence-corrected chi connectivity index (χ0v) is 19.4. The van der Waals surface area contributed by atoms with Gasteiger partial charge in [-0.3, -0.25) is 0 Å². The van der Waals surface area contributed by atoms with Crippen molar-refractivity contribution < 1.29 is 15.3 Å². The minimum Gasteiger partial charge on any atom is -0.393 e. The molecular weight excluding hydrogens is 372 g/mol. The second kappa shape index (κ2) is 9.14. The molecule has 3 fully saturated rings. The molecule has 3 heteroatoms. The summed E-state index contributed by atoms with van der Waals surface area (Å²) in [5, 5.41) is 30.1. The Bertz CT molecular complexity index is 723. The molecule has 3 rings (SSSR count). The van der Waals surface area contributed by atoms with Gasteiger partial charge in [0.2, 0.25) is 0 Å². The Kier molecular flexibility index (Phi) is 7.16. The lowest BCUT2D eigenvalue weighted by molar-refractivity contribution is 0.0830. The fraction of sp³-hybridized carbons (Fsp3) is 0.704. The maximum Gasteiger partial charge on any atom is 0.0811 e. The molecule has 0 aromatic heterocycles. The number of hydrogen-bond donors (Lipinski definition) is 3. The number of aliphatic hydroxyl groups excluding tert-OH is 2. The van der Waals surface area contributed by atoms with E-state index in [1.807, 2.05) is 13.8 Å². The van der Waals surface area contributed by atoms with Gasteiger partial charge >= 0.3 is 0 Å². The summed E-state index contributed by atoms with van der Waals surface area (Å²) in [7, 11) is 0. The largest absolute Gasteiger partial charge is 0.393 e. The lowest BCUT2D eigenvalue weighted by atomic mass is 9.61. The highest BCUT2D eigenvalue weighted by Crippen LogP contribution is 2.59. The van der Waals surface area contributed by atoms with E-state index in [0.717, 1.165) is 17.6 Å². The minimum absolute atomic E-state index is 0.323. The second-order valence-electron chi connectivity index (χ2n) is 11.0. The van der Waals surface area contributed by atoms with Gasteiger partial charge < -0.3 is 15.3 Å². The molecule has 0 spiro atoms. The molecule has 0 aliphatic heterocycles. The molecule has 0 aromatic rings. The highest BCUT2D eigenvalue weighted by Gasteiger charge is 2.50. The lowest BCUT2D eigenvalue weighted by Crippen LogP contribution is -2.35. The van der Waals surface area contributed by atoms with Crippen LogP contribution in [0.2, 0.25) is 0 Å². The van der Waals surface area contributed by atoms with Gasteiger partial charge in [-0.15, -0.1) is 0 Å². The van der Waals surface area contributed by atoms with E-state index >= 15 is 0 Å². The quantitative estimate of drug-likeness (QED) is 0.522. The molecule has 0 bridgehead atoms. The van der Waals surface area contributed by atoms with E-state index in [9.17, 15) is 15.3 Å². The fourth-order valence-corrected chi connectivity index (χ4v) is 6.31. The lowest BCUT2D eigenvalue weighted by Gasteiger charge is -2.44. The molecule has 3 nitrogen and oxygen atoms in total. The molecule has 0 heterocycles. The fourth-order valence-electron chi connectivity index (χ4n) is 6.31. The van der Waals surface area contributed by atoms with E-state index in [4.69, 9.17) is 0 Å². The van der Waals surface area contributed by atoms with Crippen LogP contribution in [-0.2, 0) is 0 Å². The molecule has 3 aliphatic carbocycles. The number of allylic oxidation sites excluding steroid dienone is 4. The van der Waals surface area contributed by atoms with Crippen molar-refractivity contribution in [1.82, 2.24) is 0 Å². The van der Waals surface area contributed by atoms with Gasteiger partial charge in [-0.1, -0.05) is 50.3 Å². The summed E-state index contributed by atoms with van der Waals surface area (Å²) < 4.78 is 0. The molecule has 0 amide bonds. The van der Waals surface area contributed by atoms with Crippen LogP contribution >= 0.6 is 0 Å². The number of rotatable bonds is 5. The highest BCUT2D eigenvalue weighted by molar-refractivity contribution is 5.38. The third-order valence-electron chi connectivity index (χ3n) is 7.99. The number of fused-ring (bicyclic) bond motifs is 1. The standard InChI is InChI=1S/C27H42O3/c1-18(8-6-14-26(3,4)30)23-12-13-24-20(9-7-15-27(23,24)5)10-11-21-16-22(28)17-25(29)19(21)2/h6,8,10-11,18,22-25,28-30H,2,7,9,12-17H2,1,3-5H3/b8-6+,20-10+,21-11-/t18?,22?,23-,24?,25+,27-/m1/s1. The van der Waals surface area contributed by atoms with Crippen molar-refractivity contribution in [3.05, 3.63) is 47.6 Å². The first-order valence-electron chi connectivity index (χ1n) is 11.8. The van der Waals surface area contributed by atoms with Gasteiger partial charge in [0.15, 0.2) is 0 Å². The Morgan fingerprint density at radius 2 is 1.97 bits per heavy atom. The second-order valence-corrected chi connectivity index (χ2v) is 11.0.